The zero-order chi connectivity index (χ0) is 22.1. The van der Waals surface area contributed by atoms with Gasteiger partial charge in [-0.2, -0.15) is 0 Å². The predicted molar refractivity (Wildman–Crippen MR) is 116 cm³/mol. The van der Waals surface area contributed by atoms with Crippen LogP contribution in [-0.2, 0) is 19.6 Å². The highest BCUT2D eigenvalue weighted by molar-refractivity contribution is 8.18. The molecule has 1 saturated heterocycles. The van der Waals surface area contributed by atoms with Gasteiger partial charge in [-0.3, -0.25) is 19.3 Å². The van der Waals surface area contributed by atoms with Crippen molar-refractivity contribution in [3.8, 4) is 0 Å². The summed E-state index contributed by atoms with van der Waals surface area (Å²) in [5, 5.41) is 7.43. The zero-order valence-electron chi connectivity index (χ0n) is 15.0. The summed E-state index contributed by atoms with van der Waals surface area (Å²) in [5.74, 6) is -1.27. The number of anilines is 1. The number of nitrogens with two attached hydrogens (primary N) is 1. The number of halogens is 2. The van der Waals surface area contributed by atoms with E-state index in [0.717, 1.165) is 4.90 Å². The van der Waals surface area contributed by atoms with Crippen molar-refractivity contribution in [3.05, 3.63) is 63.0 Å². The van der Waals surface area contributed by atoms with Crippen LogP contribution < -0.4 is 10.5 Å². The number of nitrogens with zero attached hydrogens (tertiary/aromatic N) is 1. The Morgan fingerprint density at radius 1 is 1.13 bits per heavy atom. The van der Waals surface area contributed by atoms with E-state index in [2.05, 4.69) is 5.32 Å². The lowest BCUT2D eigenvalue weighted by Crippen LogP contribution is -2.36. The molecule has 0 bridgehead atoms. The van der Waals surface area contributed by atoms with Crippen molar-refractivity contribution >= 4 is 73.8 Å². The average molecular weight is 486 g/mol. The van der Waals surface area contributed by atoms with Crippen LogP contribution in [0.4, 0.5) is 10.5 Å². The lowest BCUT2D eigenvalue weighted by Gasteiger charge is -2.12. The van der Waals surface area contributed by atoms with Crippen molar-refractivity contribution in [2.45, 2.75) is 4.90 Å². The van der Waals surface area contributed by atoms with Gasteiger partial charge >= 0.3 is 0 Å². The minimum absolute atomic E-state index is 0.106. The van der Waals surface area contributed by atoms with E-state index in [1.807, 2.05) is 0 Å². The Morgan fingerprint density at radius 3 is 2.43 bits per heavy atom. The number of rotatable bonds is 5. The molecule has 1 fully saturated rings. The molecule has 3 rings (SSSR count). The lowest BCUT2D eigenvalue weighted by atomic mass is 10.2. The van der Waals surface area contributed by atoms with Crippen LogP contribution in [0.1, 0.15) is 5.56 Å². The molecule has 0 spiro atoms. The van der Waals surface area contributed by atoms with Gasteiger partial charge in [0, 0.05) is 5.69 Å². The molecule has 0 aromatic heterocycles. The Hall–Kier alpha value is -2.37. The second-order valence-electron chi connectivity index (χ2n) is 6.03. The topological polar surface area (TPSA) is 127 Å². The molecule has 3 N–H and O–H groups in total. The minimum atomic E-state index is -3.86. The van der Waals surface area contributed by atoms with Gasteiger partial charge in [0.2, 0.25) is 15.9 Å². The number of thioether (sulfide) groups is 1. The van der Waals surface area contributed by atoms with Crippen molar-refractivity contribution in [1.82, 2.24) is 4.90 Å². The van der Waals surface area contributed by atoms with Crippen LogP contribution >= 0.6 is 35.0 Å². The summed E-state index contributed by atoms with van der Waals surface area (Å²) in [6, 6.07) is 10.0. The molecule has 1 aliphatic rings. The second-order valence-corrected chi connectivity index (χ2v) is 9.37. The molecule has 2 aromatic rings. The molecule has 8 nitrogen and oxygen atoms in total. The number of carbonyl (C=O) groups excluding carboxylic acids is 3. The highest BCUT2D eigenvalue weighted by Crippen LogP contribution is 2.35. The van der Waals surface area contributed by atoms with Crippen LogP contribution in [0.5, 0.6) is 0 Å². The first kappa shape index (κ1) is 22.3. The van der Waals surface area contributed by atoms with Crippen LogP contribution in [0.3, 0.4) is 0 Å². The van der Waals surface area contributed by atoms with Gasteiger partial charge in [0.1, 0.15) is 6.54 Å². The first-order valence-electron chi connectivity index (χ1n) is 8.18. The summed E-state index contributed by atoms with van der Waals surface area (Å²) in [6.07, 6.45) is 1.43. The van der Waals surface area contributed by atoms with Crippen molar-refractivity contribution in [2.24, 2.45) is 5.14 Å². The van der Waals surface area contributed by atoms with Crippen LogP contribution in [0.15, 0.2) is 52.3 Å². The van der Waals surface area contributed by atoms with E-state index in [0.29, 0.717) is 22.3 Å². The fraction of sp³-hybridized carbons (Fsp3) is 0.0556. The van der Waals surface area contributed by atoms with Gasteiger partial charge in [-0.25, -0.2) is 13.6 Å². The molecular formula is C18H13Cl2N3O5S2. The number of imide groups is 1. The molecule has 0 atom stereocenters. The highest BCUT2D eigenvalue weighted by atomic mass is 35.5. The SMILES string of the molecule is NS(=O)(=O)c1ccc(NC(=O)CN2C(=O)S/C(=C\c3cccc(Cl)c3Cl)C2=O)cc1. The van der Waals surface area contributed by atoms with Crippen LogP contribution in [0.2, 0.25) is 10.0 Å². The van der Waals surface area contributed by atoms with Gasteiger partial charge < -0.3 is 5.32 Å². The van der Waals surface area contributed by atoms with Crippen molar-refractivity contribution < 1.29 is 22.8 Å². The molecule has 30 heavy (non-hydrogen) atoms. The van der Waals surface area contributed by atoms with Crippen LogP contribution in [-0.4, -0.2) is 36.9 Å². The summed E-state index contributed by atoms with van der Waals surface area (Å²) in [7, 11) is -3.86. The standard InChI is InChI=1S/C18H13Cl2N3O5S2/c19-13-3-1-2-10(16(13)20)8-14-17(25)23(18(26)29-14)9-15(24)22-11-4-6-12(7-5-11)30(21,27)28/h1-8H,9H2,(H,22,24)(H2,21,27,28)/b14-8-. The highest BCUT2D eigenvalue weighted by Gasteiger charge is 2.36. The molecular weight excluding hydrogens is 473 g/mol. The fourth-order valence-electron chi connectivity index (χ4n) is 2.48. The van der Waals surface area contributed by atoms with Crippen molar-refractivity contribution in [1.29, 1.82) is 0 Å². The smallest absolute Gasteiger partial charge is 0.294 e. The van der Waals surface area contributed by atoms with Gasteiger partial charge in [-0.15, -0.1) is 0 Å². The number of nitrogens with one attached hydrogen (secondary N) is 1. The lowest BCUT2D eigenvalue weighted by molar-refractivity contribution is -0.127. The molecule has 3 amide bonds. The van der Waals surface area contributed by atoms with E-state index in [4.69, 9.17) is 28.3 Å². The fourth-order valence-corrected chi connectivity index (χ4v) is 4.19. The van der Waals surface area contributed by atoms with Gasteiger partial charge in [-0.1, -0.05) is 35.3 Å². The van der Waals surface area contributed by atoms with E-state index >= 15 is 0 Å². The maximum Gasteiger partial charge on any atom is 0.294 e. The third-order valence-corrected chi connectivity index (χ3v) is 6.58. The predicted octanol–water partition coefficient (Wildman–Crippen LogP) is 3.32. The molecule has 0 saturated carbocycles. The first-order chi connectivity index (χ1) is 14.1. The number of primary sulfonamides is 1. The van der Waals surface area contributed by atoms with E-state index in [9.17, 15) is 22.8 Å². The summed E-state index contributed by atoms with van der Waals surface area (Å²) < 4.78 is 22.5. The van der Waals surface area contributed by atoms with Crippen LogP contribution in [0.25, 0.3) is 6.08 Å². The molecule has 2 aromatic carbocycles. The molecule has 1 heterocycles. The number of amides is 3. The van der Waals surface area contributed by atoms with E-state index in [-0.39, 0.29) is 20.5 Å². The second kappa shape index (κ2) is 8.78. The number of hydrogen-bond donors (Lipinski definition) is 2. The van der Waals surface area contributed by atoms with Gasteiger partial charge in [-0.05, 0) is 53.7 Å². The third kappa shape index (κ3) is 5.02. The molecule has 12 heteroatoms. The largest absolute Gasteiger partial charge is 0.325 e. The Balaban J connectivity index is 1.70. The molecule has 0 radical (unpaired) electrons. The minimum Gasteiger partial charge on any atom is -0.325 e. The van der Waals surface area contributed by atoms with E-state index in [1.165, 1.54) is 30.3 Å². The Labute approximate surface area is 186 Å². The molecule has 156 valence electrons. The quantitative estimate of drug-likeness (QED) is 0.625. The number of benzene rings is 2. The maximum absolute atomic E-state index is 12.5. The van der Waals surface area contributed by atoms with Gasteiger partial charge in [0.15, 0.2) is 0 Å². The first-order valence-corrected chi connectivity index (χ1v) is 11.3. The van der Waals surface area contributed by atoms with Crippen molar-refractivity contribution in [2.75, 3.05) is 11.9 Å². The van der Waals surface area contributed by atoms with Gasteiger partial charge in [0.05, 0.1) is 19.8 Å². The third-order valence-electron chi connectivity index (χ3n) is 3.91. The summed E-state index contributed by atoms with van der Waals surface area (Å²) >= 11 is 12.7. The maximum atomic E-state index is 12.5. The van der Waals surface area contributed by atoms with E-state index in [1.54, 1.807) is 18.2 Å². The summed E-state index contributed by atoms with van der Waals surface area (Å²) in [6.45, 7) is -0.512. The molecule has 0 aliphatic carbocycles. The number of carbonyl (C=O) groups is 3. The monoisotopic (exact) mass is 485 g/mol. The average Bonchev–Trinajstić information content (AvgIpc) is 2.92. The number of sulfonamides is 1. The molecule has 0 unspecified atom stereocenters. The molecule has 1 aliphatic heterocycles. The summed E-state index contributed by atoms with van der Waals surface area (Å²) in [4.78, 5) is 37.8. The van der Waals surface area contributed by atoms with Crippen LogP contribution in [0, 0.1) is 0 Å². The van der Waals surface area contributed by atoms with Gasteiger partial charge in [0.25, 0.3) is 11.1 Å². The van der Waals surface area contributed by atoms with E-state index < -0.39 is 33.6 Å². The Kier molecular flexibility index (Phi) is 6.53. The normalized spacial score (nSPS) is 15.7. The van der Waals surface area contributed by atoms with Crippen molar-refractivity contribution in [3.63, 3.8) is 0 Å². The summed E-state index contributed by atoms with van der Waals surface area (Å²) in [5.41, 5.74) is 0.745. The number of hydrogen-bond acceptors (Lipinski definition) is 6. The Morgan fingerprint density at radius 2 is 1.80 bits per heavy atom. The Bertz CT molecular complexity index is 1180. The zero-order valence-corrected chi connectivity index (χ0v) is 18.1.